The molecule has 0 aliphatic rings. The van der Waals surface area contributed by atoms with Crippen LogP contribution in [0.3, 0.4) is 0 Å². The molecule has 134 valence electrons. The van der Waals surface area contributed by atoms with Gasteiger partial charge in [-0.05, 0) is 32.9 Å². The molecule has 1 heterocycles. The van der Waals surface area contributed by atoms with Crippen LogP contribution >= 0.6 is 11.3 Å². The van der Waals surface area contributed by atoms with E-state index in [4.69, 9.17) is 4.74 Å². The first-order valence-corrected chi connectivity index (χ1v) is 8.76. The molecule has 1 amide bonds. The van der Waals surface area contributed by atoms with Crippen molar-refractivity contribution >= 4 is 23.4 Å². The van der Waals surface area contributed by atoms with Gasteiger partial charge >= 0.3 is 12.1 Å². The van der Waals surface area contributed by atoms with Crippen LogP contribution in [0.4, 0.5) is 4.79 Å². The number of rotatable bonds is 5. The van der Waals surface area contributed by atoms with E-state index >= 15 is 0 Å². The van der Waals surface area contributed by atoms with Gasteiger partial charge in [0, 0.05) is 23.9 Å². The number of hydrogen-bond acceptors (Lipinski definition) is 6. The summed E-state index contributed by atoms with van der Waals surface area (Å²) in [6.45, 7) is 5.93. The van der Waals surface area contributed by atoms with Gasteiger partial charge in [0.05, 0.1) is 18.4 Å². The Morgan fingerprint density at radius 1 is 1.20 bits per heavy atom. The van der Waals surface area contributed by atoms with Crippen LogP contribution in [0.15, 0.2) is 29.6 Å². The molecule has 0 aliphatic heterocycles. The summed E-state index contributed by atoms with van der Waals surface area (Å²) in [5, 5.41) is 5.54. The van der Waals surface area contributed by atoms with Crippen LogP contribution in [0, 0.1) is 0 Å². The molecule has 0 aliphatic carbocycles. The molecule has 6 nitrogen and oxygen atoms in total. The highest BCUT2D eigenvalue weighted by atomic mass is 32.1. The van der Waals surface area contributed by atoms with E-state index in [0.29, 0.717) is 18.5 Å². The number of esters is 1. The molecule has 0 unspecified atom stereocenters. The lowest BCUT2D eigenvalue weighted by atomic mass is 10.1. The molecule has 0 atom stereocenters. The molecular weight excluding hydrogens is 340 g/mol. The van der Waals surface area contributed by atoms with Gasteiger partial charge in [-0.2, -0.15) is 0 Å². The Kier molecular flexibility index (Phi) is 6.14. The molecule has 1 aromatic heterocycles. The van der Waals surface area contributed by atoms with Gasteiger partial charge in [0.25, 0.3) is 0 Å². The number of nitrogens with one attached hydrogen (secondary N) is 1. The Morgan fingerprint density at radius 2 is 1.88 bits per heavy atom. The Morgan fingerprint density at radius 3 is 2.48 bits per heavy atom. The number of amides is 1. The molecule has 7 heteroatoms. The molecule has 0 radical (unpaired) electrons. The smallest absolute Gasteiger partial charge is 0.407 e. The largest absolute Gasteiger partial charge is 0.465 e. The maximum Gasteiger partial charge on any atom is 0.407 e. The zero-order chi connectivity index (χ0) is 18.4. The van der Waals surface area contributed by atoms with Crippen LogP contribution in [0.25, 0.3) is 10.6 Å². The molecule has 0 spiro atoms. The van der Waals surface area contributed by atoms with Crippen molar-refractivity contribution in [2.24, 2.45) is 0 Å². The van der Waals surface area contributed by atoms with E-state index < -0.39 is 11.7 Å². The van der Waals surface area contributed by atoms with Crippen LogP contribution < -0.4 is 5.32 Å². The number of alkyl carbamates (subject to hydrolysis) is 1. The van der Waals surface area contributed by atoms with Crippen molar-refractivity contribution in [3.8, 4) is 10.6 Å². The molecular formula is C18H22N2O4S. The number of carbonyl (C=O) groups is 2. The van der Waals surface area contributed by atoms with E-state index in [9.17, 15) is 9.59 Å². The van der Waals surface area contributed by atoms with Crippen molar-refractivity contribution in [1.29, 1.82) is 0 Å². The molecule has 1 aromatic carbocycles. The number of methoxy groups -OCH3 is 1. The Hall–Kier alpha value is -2.41. The summed E-state index contributed by atoms with van der Waals surface area (Å²) in [6, 6.07) is 7.11. The zero-order valence-electron chi connectivity index (χ0n) is 14.8. The van der Waals surface area contributed by atoms with Crippen LogP contribution in [-0.2, 0) is 15.9 Å². The lowest BCUT2D eigenvalue weighted by Gasteiger charge is -2.19. The summed E-state index contributed by atoms with van der Waals surface area (Å²) >= 11 is 1.52. The Bertz CT molecular complexity index is 732. The van der Waals surface area contributed by atoms with Gasteiger partial charge in [-0.25, -0.2) is 14.6 Å². The topological polar surface area (TPSA) is 77.5 Å². The summed E-state index contributed by atoms with van der Waals surface area (Å²) in [5.41, 5.74) is 1.83. The molecule has 0 saturated carbocycles. The molecule has 2 aromatic rings. The second kappa shape index (κ2) is 8.11. The number of ether oxygens (including phenoxy) is 2. The minimum atomic E-state index is -0.506. The monoisotopic (exact) mass is 362 g/mol. The standard InChI is InChI=1S/C18H22N2O4S/c1-18(2,3)24-17(22)19-10-9-14-11-25-15(20-14)12-5-7-13(8-6-12)16(21)23-4/h5-8,11H,9-10H2,1-4H3,(H,19,22). The Labute approximate surface area is 151 Å². The highest BCUT2D eigenvalue weighted by molar-refractivity contribution is 7.13. The van der Waals surface area contributed by atoms with Crippen molar-refractivity contribution in [2.45, 2.75) is 32.8 Å². The first kappa shape index (κ1) is 18.9. The number of carbonyl (C=O) groups excluding carboxylic acids is 2. The second-order valence-electron chi connectivity index (χ2n) is 6.39. The van der Waals surface area contributed by atoms with E-state index in [0.717, 1.165) is 16.3 Å². The van der Waals surface area contributed by atoms with Gasteiger partial charge in [0.1, 0.15) is 10.6 Å². The van der Waals surface area contributed by atoms with E-state index in [1.54, 1.807) is 12.1 Å². The molecule has 0 bridgehead atoms. The van der Waals surface area contributed by atoms with Crippen molar-refractivity contribution in [3.05, 3.63) is 40.9 Å². The SMILES string of the molecule is COC(=O)c1ccc(-c2nc(CCNC(=O)OC(C)(C)C)cs2)cc1. The quantitative estimate of drug-likeness (QED) is 0.821. The summed E-state index contributed by atoms with van der Waals surface area (Å²) in [5.74, 6) is -0.361. The number of aromatic nitrogens is 1. The normalized spacial score (nSPS) is 11.0. The fraction of sp³-hybridized carbons (Fsp3) is 0.389. The van der Waals surface area contributed by atoms with Crippen molar-refractivity contribution in [2.75, 3.05) is 13.7 Å². The van der Waals surface area contributed by atoms with Crippen molar-refractivity contribution < 1.29 is 19.1 Å². The summed E-state index contributed by atoms with van der Waals surface area (Å²) in [6.07, 6.45) is 0.192. The van der Waals surface area contributed by atoms with Crippen LogP contribution in [0.2, 0.25) is 0 Å². The van der Waals surface area contributed by atoms with E-state index in [-0.39, 0.29) is 5.97 Å². The van der Waals surface area contributed by atoms with Gasteiger partial charge in [0.2, 0.25) is 0 Å². The van der Waals surface area contributed by atoms with Gasteiger partial charge in [-0.3, -0.25) is 0 Å². The van der Waals surface area contributed by atoms with Gasteiger partial charge in [-0.1, -0.05) is 12.1 Å². The first-order chi connectivity index (χ1) is 11.8. The van der Waals surface area contributed by atoms with Gasteiger partial charge < -0.3 is 14.8 Å². The van der Waals surface area contributed by atoms with Crippen molar-refractivity contribution in [3.63, 3.8) is 0 Å². The lowest BCUT2D eigenvalue weighted by molar-refractivity contribution is 0.0527. The van der Waals surface area contributed by atoms with Gasteiger partial charge in [0.15, 0.2) is 0 Å². The number of hydrogen-bond donors (Lipinski definition) is 1. The molecule has 0 fully saturated rings. The third kappa shape index (κ3) is 5.86. The summed E-state index contributed by atoms with van der Waals surface area (Å²) in [7, 11) is 1.36. The molecule has 25 heavy (non-hydrogen) atoms. The maximum absolute atomic E-state index is 11.6. The minimum Gasteiger partial charge on any atom is -0.465 e. The molecule has 1 N–H and O–H groups in total. The van der Waals surface area contributed by atoms with Gasteiger partial charge in [-0.15, -0.1) is 11.3 Å². The average Bonchev–Trinajstić information content (AvgIpc) is 3.01. The highest BCUT2D eigenvalue weighted by Crippen LogP contribution is 2.24. The predicted molar refractivity (Wildman–Crippen MR) is 96.8 cm³/mol. The predicted octanol–water partition coefficient (Wildman–Crippen LogP) is 3.66. The second-order valence-corrected chi connectivity index (χ2v) is 7.25. The molecule has 0 saturated heterocycles. The van der Waals surface area contributed by atoms with Crippen LogP contribution in [0.5, 0.6) is 0 Å². The van der Waals surface area contributed by atoms with E-state index in [2.05, 4.69) is 15.0 Å². The van der Waals surface area contributed by atoms with Crippen LogP contribution in [0.1, 0.15) is 36.8 Å². The number of nitrogens with zero attached hydrogens (tertiary/aromatic N) is 1. The van der Waals surface area contributed by atoms with E-state index in [1.165, 1.54) is 18.4 Å². The summed E-state index contributed by atoms with van der Waals surface area (Å²) in [4.78, 5) is 27.6. The third-order valence-corrected chi connectivity index (χ3v) is 4.09. The van der Waals surface area contributed by atoms with E-state index in [1.807, 2.05) is 38.3 Å². The lowest BCUT2D eigenvalue weighted by Crippen LogP contribution is -2.33. The first-order valence-electron chi connectivity index (χ1n) is 7.88. The maximum atomic E-state index is 11.6. The highest BCUT2D eigenvalue weighted by Gasteiger charge is 2.15. The zero-order valence-corrected chi connectivity index (χ0v) is 15.6. The van der Waals surface area contributed by atoms with Crippen LogP contribution in [-0.4, -0.2) is 36.3 Å². The van der Waals surface area contributed by atoms with Crippen molar-refractivity contribution in [1.82, 2.24) is 10.3 Å². The number of thiazole rings is 1. The number of benzene rings is 1. The minimum absolute atomic E-state index is 0.361. The Balaban J connectivity index is 1.90. The third-order valence-electron chi connectivity index (χ3n) is 3.15. The average molecular weight is 362 g/mol. The summed E-state index contributed by atoms with van der Waals surface area (Å²) < 4.78 is 9.87. The molecule has 2 rings (SSSR count). The fourth-order valence-corrected chi connectivity index (χ4v) is 2.89. The fourth-order valence-electron chi connectivity index (χ4n) is 2.03.